The molecule has 1 N–H and O–H groups in total. The maximum Gasteiger partial charge on any atom is 0.416 e. The van der Waals surface area contributed by atoms with Gasteiger partial charge in [-0.3, -0.25) is 0 Å². The van der Waals surface area contributed by atoms with Crippen LogP contribution in [-0.2, 0) is 12.6 Å². The van der Waals surface area contributed by atoms with Crippen molar-refractivity contribution in [1.82, 2.24) is 0 Å². The second-order valence-electron chi connectivity index (χ2n) is 6.79. The Morgan fingerprint density at radius 3 is 2.12 bits per heavy atom. The SMILES string of the molecule is N#CC(C#N)=C(C#N)Nc1cc(C(F)(F)F)ccc1Oc1ccccc1Cc1ccccc1. The minimum atomic E-state index is -4.65. The maximum atomic E-state index is 13.3. The van der Waals surface area contributed by atoms with Gasteiger partial charge in [-0.25, -0.2) is 0 Å². The molecular formula is C25H15F3N4O. The summed E-state index contributed by atoms with van der Waals surface area (Å²) in [6, 6.07) is 24.1. The fourth-order valence-electron chi connectivity index (χ4n) is 2.99. The van der Waals surface area contributed by atoms with E-state index in [-0.39, 0.29) is 11.4 Å². The highest BCUT2D eigenvalue weighted by molar-refractivity contribution is 5.66. The Bertz CT molecular complexity index is 1290. The Kier molecular flexibility index (Phi) is 6.98. The summed E-state index contributed by atoms with van der Waals surface area (Å²) < 4.78 is 45.8. The van der Waals surface area contributed by atoms with Crippen molar-refractivity contribution in [3.05, 3.63) is 101 Å². The molecule has 33 heavy (non-hydrogen) atoms. The molecule has 0 bridgehead atoms. The van der Waals surface area contributed by atoms with Crippen LogP contribution in [-0.4, -0.2) is 0 Å². The second kappa shape index (κ2) is 10.0. The molecule has 8 heteroatoms. The average Bonchev–Trinajstić information content (AvgIpc) is 2.81. The van der Waals surface area contributed by atoms with E-state index in [1.165, 1.54) is 0 Å². The van der Waals surface area contributed by atoms with Gasteiger partial charge in [0, 0.05) is 6.42 Å². The molecule has 0 aliphatic carbocycles. The summed E-state index contributed by atoms with van der Waals surface area (Å²) in [5.74, 6) is 0.402. The lowest BCUT2D eigenvalue weighted by molar-refractivity contribution is -0.137. The average molecular weight is 444 g/mol. The van der Waals surface area contributed by atoms with Gasteiger partial charge in [-0.1, -0.05) is 48.5 Å². The fourth-order valence-corrected chi connectivity index (χ4v) is 2.99. The molecule has 0 unspecified atom stereocenters. The van der Waals surface area contributed by atoms with Crippen LogP contribution in [0.3, 0.4) is 0 Å². The van der Waals surface area contributed by atoms with Gasteiger partial charge >= 0.3 is 6.18 Å². The van der Waals surface area contributed by atoms with Gasteiger partial charge < -0.3 is 10.1 Å². The van der Waals surface area contributed by atoms with Crippen molar-refractivity contribution in [2.75, 3.05) is 5.32 Å². The molecule has 0 saturated carbocycles. The zero-order chi connectivity index (χ0) is 23.8. The predicted octanol–water partition coefficient (Wildman–Crippen LogP) is 6.33. The number of hydrogen-bond donors (Lipinski definition) is 1. The summed E-state index contributed by atoms with van der Waals surface area (Å²) in [7, 11) is 0. The molecule has 0 aliphatic rings. The molecule has 0 radical (unpaired) electrons. The molecule has 0 amide bonds. The van der Waals surface area contributed by atoms with Crippen molar-refractivity contribution in [3.63, 3.8) is 0 Å². The first-order valence-electron chi connectivity index (χ1n) is 9.58. The summed E-state index contributed by atoms with van der Waals surface area (Å²) in [6.07, 6.45) is -4.12. The Hall–Kier alpha value is -4.74. The number of ether oxygens (including phenoxy) is 1. The van der Waals surface area contributed by atoms with Crippen LogP contribution in [0.25, 0.3) is 0 Å². The molecule has 3 aromatic carbocycles. The van der Waals surface area contributed by atoms with Crippen molar-refractivity contribution in [3.8, 4) is 29.7 Å². The minimum absolute atomic E-state index is 0.00788. The van der Waals surface area contributed by atoms with Gasteiger partial charge in [-0.2, -0.15) is 29.0 Å². The van der Waals surface area contributed by atoms with Crippen molar-refractivity contribution >= 4 is 5.69 Å². The van der Waals surface area contributed by atoms with Gasteiger partial charge in [-0.15, -0.1) is 0 Å². The molecule has 162 valence electrons. The first-order chi connectivity index (χ1) is 15.9. The van der Waals surface area contributed by atoms with Crippen molar-refractivity contribution in [2.45, 2.75) is 12.6 Å². The van der Waals surface area contributed by atoms with E-state index in [2.05, 4.69) is 5.32 Å². The lowest BCUT2D eigenvalue weighted by Gasteiger charge is -2.17. The van der Waals surface area contributed by atoms with Crippen LogP contribution in [0.1, 0.15) is 16.7 Å². The molecule has 0 spiro atoms. The van der Waals surface area contributed by atoms with Crippen LogP contribution < -0.4 is 10.1 Å². The normalized spacial score (nSPS) is 10.3. The summed E-state index contributed by atoms with van der Waals surface area (Å²) in [6.45, 7) is 0. The molecule has 5 nitrogen and oxygen atoms in total. The van der Waals surface area contributed by atoms with Gasteiger partial charge in [0.05, 0.1) is 11.3 Å². The van der Waals surface area contributed by atoms with E-state index in [0.717, 1.165) is 29.3 Å². The first kappa shape index (κ1) is 22.9. The molecular weight excluding hydrogens is 429 g/mol. The van der Waals surface area contributed by atoms with Gasteiger partial charge in [0.25, 0.3) is 0 Å². The third-order valence-corrected chi connectivity index (χ3v) is 4.58. The van der Waals surface area contributed by atoms with Gasteiger partial charge in [0.2, 0.25) is 0 Å². The monoisotopic (exact) mass is 444 g/mol. The fraction of sp³-hybridized carbons (Fsp3) is 0.0800. The van der Waals surface area contributed by atoms with Crippen LogP contribution >= 0.6 is 0 Å². The van der Waals surface area contributed by atoms with Crippen LogP contribution in [0.4, 0.5) is 18.9 Å². The number of allylic oxidation sites excluding steroid dienone is 2. The van der Waals surface area contributed by atoms with E-state index in [1.807, 2.05) is 42.5 Å². The summed E-state index contributed by atoms with van der Waals surface area (Å²) in [5.41, 5.74) is -0.435. The molecule has 0 heterocycles. The van der Waals surface area contributed by atoms with Crippen LogP contribution in [0.5, 0.6) is 11.5 Å². The van der Waals surface area contributed by atoms with E-state index in [4.69, 9.17) is 15.3 Å². The van der Waals surface area contributed by atoms with Crippen LogP contribution in [0.15, 0.2) is 84.1 Å². The molecule has 0 aromatic heterocycles. The minimum Gasteiger partial charge on any atom is -0.455 e. The van der Waals surface area contributed by atoms with E-state index in [0.29, 0.717) is 12.2 Å². The van der Waals surface area contributed by atoms with Gasteiger partial charge in [0.1, 0.15) is 29.7 Å². The molecule has 0 atom stereocenters. The molecule has 3 aromatic rings. The number of alkyl halides is 3. The Morgan fingerprint density at radius 2 is 1.48 bits per heavy atom. The van der Waals surface area contributed by atoms with Gasteiger partial charge in [0.15, 0.2) is 11.3 Å². The van der Waals surface area contributed by atoms with E-state index in [9.17, 15) is 18.4 Å². The lowest BCUT2D eigenvalue weighted by Crippen LogP contribution is -2.08. The molecule has 0 saturated heterocycles. The highest BCUT2D eigenvalue weighted by Gasteiger charge is 2.31. The van der Waals surface area contributed by atoms with E-state index in [1.54, 1.807) is 30.3 Å². The zero-order valence-electron chi connectivity index (χ0n) is 17.0. The number of halogens is 3. The van der Waals surface area contributed by atoms with Crippen LogP contribution in [0, 0.1) is 34.0 Å². The highest BCUT2D eigenvalue weighted by atomic mass is 19.4. The lowest BCUT2D eigenvalue weighted by atomic mass is 10.0. The number of nitrogens with zero attached hydrogens (tertiary/aromatic N) is 3. The maximum absolute atomic E-state index is 13.3. The van der Waals surface area contributed by atoms with Crippen molar-refractivity contribution < 1.29 is 17.9 Å². The smallest absolute Gasteiger partial charge is 0.416 e. The quantitative estimate of drug-likeness (QED) is 0.449. The van der Waals surface area contributed by atoms with Crippen molar-refractivity contribution in [1.29, 1.82) is 15.8 Å². The van der Waals surface area contributed by atoms with Gasteiger partial charge in [-0.05, 0) is 35.4 Å². The third-order valence-electron chi connectivity index (χ3n) is 4.58. The summed E-state index contributed by atoms with van der Waals surface area (Å²) >= 11 is 0. The van der Waals surface area contributed by atoms with E-state index >= 15 is 0 Å². The molecule has 0 aliphatic heterocycles. The summed E-state index contributed by atoms with van der Waals surface area (Å²) in [5, 5.41) is 29.8. The molecule has 3 rings (SSSR count). The van der Waals surface area contributed by atoms with Crippen molar-refractivity contribution in [2.24, 2.45) is 0 Å². The largest absolute Gasteiger partial charge is 0.455 e. The van der Waals surface area contributed by atoms with Crippen LogP contribution in [0.2, 0.25) is 0 Å². The number of rotatable bonds is 6. The standard InChI is InChI=1S/C25H15F3N4O/c26-25(27,28)20-10-11-24(21(13-20)32-22(16-31)19(14-29)15-30)33-23-9-5-4-8-18(23)12-17-6-2-1-3-7-17/h1-11,13,32H,12H2. The number of nitriles is 3. The van der Waals surface area contributed by atoms with E-state index < -0.39 is 23.0 Å². The Labute approximate surface area is 188 Å². The topological polar surface area (TPSA) is 92.6 Å². The zero-order valence-corrected chi connectivity index (χ0v) is 17.0. The molecule has 0 fully saturated rings. The number of anilines is 1. The Balaban J connectivity index is 2.04. The summed E-state index contributed by atoms with van der Waals surface area (Å²) in [4.78, 5) is 0. The number of nitrogens with one attached hydrogen (secondary N) is 1. The third kappa shape index (κ3) is 5.70. The second-order valence-corrected chi connectivity index (χ2v) is 6.79. The first-order valence-corrected chi connectivity index (χ1v) is 9.58. The number of para-hydroxylation sites is 1. The highest BCUT2D eigenvalue weighted by Crippen LogP contribution is 2.38. The Morgan fingerprint density at radius 1 is 0.818 bits per heavy atom. The predicted molar refractivity (Wildman–Crippen MR) is 115 cm³/mol. The number of hydrogen-bond acceptors (Lipinski definition) is 5. The number of benzene rings is 3.